The maximum Gasteiger partial charge on any atom is 0.416 e. The van der Waals surface area contributed by atoms with Crippen LogP contribution in [0.15, 0.2) is 53.7 Å². The molecule has 1 aliphatic heterocycles. The third-order valence-electron chi connectivity index (χ3n) is 5.37. The van der Waals surface area contributed by atoms with Crippen LogP contribution in [0.4, 0.5) is 13.2 Å². The molecule has 0 aliphatic carbocycles. The van der Waals surface area contributed by atoms with E-state index in [4.69, 9.17) is 4.84 Å². The zero-order valence-electron chi connectivity index (χ0n) is 17.2. The molecule has 166 valence electrons. The van der Waals surface area contributed by atoms with E-state index in [1.165, 1.54) is 6.07 Å². The molecule has 3 rings (SSSR count). The monoisotopic (exact) mass is 434 g/mol. The summed E-state index contributed by atoms with van der Waals surface area (Å²) in [6.45, 7) is 3.81. The topological polar surface area (TPSA) is 62.1 Å². The standard InChI is InChI=1S/C23H25F3N2O3/c1-16-6-2-3-10-20(16)21(17-7-4-9-19(14-17)23(24,25)26)27-31-13-12-28-11-5-8-18(15-28)22(29)30/h2-4,6-7,9-10,14,18H,5,8,11-13,15H2,1H3,(H,29,30)/b27-21-/t18-/m1/s1. The number of aliphatic carboxylic acids is 1. The van der Waals surface area contributed by atoms with Crippen molar-refractivity contribution in [3.63, 3.8) is 0 Å². The van der Waals surface area contributed by atoms with Gasteiger partial charge in [-0.05, 0) is 44.0 Å². The first-order chi connectivity index (χ1) is 14.8. The lowest BCUT2D eigenvalue weighted by Crippen LogP contribution is -2.40. The number of carbonyl (C=O) groups is 1. The highest BCUT2D eigenvalue weighted by atomic mass is 19.4. The van der Waals surface area contributed by atoms with E-state index in [0.29, 0.717) is 36.3 Å². The molecule has 1 fully saturated rings. The van der Waals surface area contributed by atoms with Crippen LogP contribution in [0.1, 0.15) is 35.1 Å². The second kappa shape index (κ2) is 9.96. The molecule has 0 spiro atoms. The Kier molecular flexibility index (Phi) is 7.33. The Hall–Kier alpha value is -2.87. The summed E-state index contributed by atoms with van der Waals surface area (Å²) in [7, 11) is 0. The Morgan fingerprint density at radius 3 is 2.71 bits per heavy atom. The zero-order chi connectivity index (χ0) is 22.4. The number of alkyl halides is 3. The van der Waals surface area contributed by atoms with E-state index in [1.807, 2.05) is 24.0 Å². The summed E-state index contributed by atoms with van der Waals surface area (Å²) in [6.07, 6.45) is -2.99. The molecule has 1 atom stereocenters. The lowest BCUT2D eigenvalue weighted by molar-refractivity contribution is -0.143. The molecule has 0 unspecified atom stereocenters. The van der Waals surface area contributed by atoms with Crippen LogP contribution in [-0.4, -0.2) is 47.9 Å². The number of piperidine rings is 1. The predicted molar refractivity (Wildman–Crippen MR) is 111 cm³/mol. The minimum absolute atomic E-state index is 0.209. The molecule has 0 bridgehead atoms. The van der Waals surface area contributed by atoms with Gasteiger partial charge in [-0.3, -0.25) is 9.69 Å². The van der Waals surface area contributed by atoms with Gasteiger partial charge in [0.25, 0.3) is 0 Å². The summed E-state index contributed by atoms with van der Waals surface area (Å²) in [6, 6.07) is 12.3. The number of nitrogens with zero attached hydrogens (tertiary/aromatic N) is 2. The number of carboxylic acid groups (broad SMARTS) is 1. The van der Waals surface area contributed by atoms with E-state index in [1.54, 1.807) is 18.2 Å². The van der Waals surface area contributed by atoms with Crippen molar-refractivity contribution in [1.29, 1.82) is 0 Å². The normalized spacial score (nSPS) is 18.1. The van der Waals surface area contributed by atoms with Crippen molar-refractivity contribution in [1.82, 2.24) is 4.90 Å². The highest BCUT2D eigenvalue weighted by Crippen LogP contribution is 2.30. The van der Waals surface area contributed by atoms with Gasteiger partial charge in [0.1, 0.15) is 12.3 Å². The SMILES string of the molecule is Cc1ccccc1/C(=N\OCCN1CCC[C@@H](C(=O)O)C1)c1cccc(C(F)(F)F)c1. The summed E-state index contributed by atoms with van der Waals surface area (Å²) < 4.78 is 39.6. The van der Waals surface area contributed by atoms with Gasteiger partial charge in [-0.1, -0.05) is 41.6 Å². The van der Waals surface area contributed by atoms with E-state index < -0.39 is 17.7 Å². The summed E-state index contributed by atoms with van der Waals surface area (Å²) in [5.74, 6) is -1.18. The van der Waals surface area contributed by atoms with Crippen LogP contribution in [0.3, 0.4) is 0 Å². The van der Waals surface area contributed by atoms with Crippen molar-refractivity contribution >= 4 is 11.7 Å². The van der Waals surface area contributed by atoms with Crippen molar-refractivity contribution < 1.29 is 27.9 Å². The largest absolute Gasteiger partial charge is 0.481 e. The Morgan fingerprint density at radius 1 is 1.23 bits per heavy atom. The Bertz CT molecular complexity index is 944. The molecule has 1 N–H and O–H groups in total. The number of carboxylic acids is 1. The summed E-state index contributed by atoms with van der Waals surface area (Å²) in [5, 5.41) is 13.4. The lowest BCUT2D eigenvalue weighted by Gasteiger charge is -2.30. The number of likely N-dealkylation sites (tertiary alicyclic amines) is 1. The third kappa shape index (κ3) is 6.07. The van der Waals surface area contributed by atoms with Crippen molar-refractivity contribution in [2.75, 3.05) is 26.2 Å². The Balaban J connectivity index is 1.77. The van der Waals surface area contributed by atoms with Gasteiger partial charge in [-0.15, -0.1) is 0 Å². The number of halogens is 3. The maximum absolute atomic E-state index is 13.2. The number of benzene rings is 2. The fraction of sp³-hybridized carbons (Fsp3) is 0.391. The number of aryl methyl sites for hydroxylation is 1. The molecule has 1 saturated heterocycles. The van der Waals surface area contributed by atoms with Crippen molar-refractivity contribution in [3.05, 3.63) is 70.8 Å². The summed E-state index contributed by atoms with van der Waals surface area (Å²) in [5.41, 5.74) is 1.44. The molecule has 1 aliphatic rings. The van der Waals surface area contributed by atoms with Crippen molar-refractivity contribution in [2.24, 2.45) is 11.1 Å². The van der Waals surface area contributed by atoms with Crippen LogP contribution in [0.25, 0.3) is 0 Å². The molecule has 0 amide bonds. The first-order valence-corrected chi connectivity index (χ1v) is 10.1. The first-order valence-electron chi connectivity index (χ1n) is 10.1. The molecule has 0 aromatic heterocycles. The molecule has 8 heteroatoms. The maximum atomic E-state index is 13.2. The van der Waals surface area contributed by atoms with Crippen LogP contribution in [0.5, 0.6) is 0 Å². The minimum atomic E-state index is -4.46. The fourth-order valence-corrected chi connectivity index (χ4v) is 3.68. The van der Waals surface area contributed by atoms with Gasteiger partial charge in [0.05, 0.1) is 11.5 Å². The molecule has 5 nitrogen and oxygen atoms in total. The molecule has 31 heavy (non-hydrogen) atoms. The second-order valence-electron chi connectivity index (χ2n) is 7.64. The Labute approximate surface area is 179 Å². The molecule has 0 radical (unpaired) electrons. The molecule has 1 heterocycles. The Morgan fingerprint density at radius 2 is 2.00 bits per heavy atom. The average molecular weight is 434 g/mol. The fourth-order valence-electron chi connectivity index (χ4n) is 3.68. The zero-order valence-corrected chi connectivity index (χ0v) is 17.2. The van der Waals surface area contributed by atoms with Gasteiger partial charge >= 0.3 is 12.1 Å². The summed E-state index contributed by atoms with van der Waals surface area (Å²) >= 11 is 0. The second-order valence-corrected chi connectivity index (χ2v) is 7.64. The molecular formula is C23H25F3N2O3. The highest BCUT2D eigenvalue weighted by Gasteiger charge is 2.31. The number of rotatable bonds is 7. The van der Waals surface area contributed by atoms with E-state index in [9.17, 15) is 23.1 Å². The van der Waals surface area contributed by atoms with E-state index in [-0.39, 0.29) is 12.5 Å². The third-order valence-corrected chi connectivity index (χ3v) is 5.37. The minimum Gasteiger partial charge on any atom is -0.481 e. The van der Waals surface area contributed by atoms with Crippen molar-refractivity contribution in [2.45, 2.75) is 25.9 Å². The van der Waals surface area contributed by atoms with Crippen LogP contribution in [0, 0.1) is 12.8 Å². The number of oxime groups is 1. The van der Waals surface area contributed by atoms with Gasteiger partial charge in [0.2, 0.25) is 0 Å². The van der Waals surface area contributed by atoms with Crippen LogP contribution >= 0.6 is 0 Å². The van der Waals surface area contributed by atoms with E-state index >= 15 is 0 Å². The van der Waals surface area contributed by atoms with Gasteiger partial charge < -0.3 is 9.94 Å². The first kappa shape index (κ1) is 22.8. The number of hydrogen-bond acceptors (Lipinski definition) is 4. The molecule has 2 aromatic rings. The smallest absolute Gasteiger partial charge is 0.416 e. The van der Waals surface area contributed by atoms with Crippen LogP contribution in [0.2, 0.25) is 0 Å². The highest BCUT2D eigenvalue weighted by molar-refractivity contribution is 6.13. The van der Waals surface area contributed by atoms with Gasteiger partial charge in [-0.2, -0.15) is 13.2 Å². The van der Waals surface area contributed by atoms with Gasteiger partial charge in [0.15, 0.2) is 0 Å². The number of hydrogen-bond donors (Lipinski definition) is 1. The van der Waals surface area contributed by atoms with Crippen molar-refractivity contribution in [3.8, 4) is 0 Å². The molecule has 2 aromatic carbocycles. The van der Waals surface area contributed by atoms with Crippen LogP contribution in [-0.2, 0) is 15.8 Å². The van der Waals surface area contributed by atoms with E-state index in [0.717, 1.165) is 30.7 Å². The molecule has 0 saturated carbocycles. The predicted octanol–water partition coefficient (Wildman–Crippen LogP) is 4.58. The lowest BCUT2D eigenvalue weighted by atomic mass is 9.97. The van der Waals surface area contributed by atoms with Crippen LogP contribution < -0.4 is 0 Å². The molecular weight excluding hydrogens is 409 g/mol. The van der Waals surface area contributed by atoms with E-state index in [2.05, 4.69) is 5.16 Å². The van der Waals surface area contributed by atoms with Gasteiger partial charge in [-0.25, -0.2) is 0 Å². The average Bonchev–Trinajstić information content (AvgIpc) is 2.74. The summed E-state index contributed by atoms with van der Waals surface area (Å²) in [4.78, 5) is 18.7. The quantitative estimate of drug-likeness (QED) is 0.394. The van der Waals surface area contributed by atoms with Gasteiger partial charge in [0, 0.05) is 24.2 Å².